The molecular weight excluding hydrogens is 240 g/mol. The van der Waals surface area contributed by atoms with E-state index in [1.807, 2.05) is 13.2 Å². The molecular formula is C15H20N2S. The second-order valence-electron chi connectivity index (χ2n) is 4.57. The molecule has 1 unspecified atom stereocenters. The molecule has 2 nitrogen and oxygen atoms in total. The average molecular weight is 260 g/mol. The van der Waals surface area contributed by atoms with E-state index in [2.05, 4.69) is 47.0 Å². The van der Waals surface area contributed by atoms with Crippen molar-refractivity contribution >= 4 is 11.3 Å². The van der Waals surface area contributed by atoms with E-state index in [1.54, 1.807) is 11.3 Å². The molecule has 2 heterocycles. The van der Waals surface area contributed by atoms with E-state index < -0.39 is 0 Å². The second kappa shape index (κ2) is 6.12. The van der Waals surface area contributed by atoms with Crippen LogP contribution in [0.5, 0.6) is 0 Å². The third-order valence-electron chi connectivity index (χ3n) is 3.33. The monoisotopic (exact) mass is 260 g/mol. The molecule has 0 spiro atoms. The third kappa shape index (κ3) is 2.98. The molecule has 2 aromatic rings. The number of hydrogen-bond donors (Lipinski definition) is 1. The molecule has 96 valence electrons. The van der Waals surface area contributed by atoms with Gasteiger partial charge in [0.05, 0.1) is 0 Å². The van der Waals surface area contributed by atoms with Gasteiger partial charge in [0.25, 0.3) is 0 Å². The normalized spacial score (nSPS) is 12.6. The lowest BCUT2D eigenvalue weighted by Crippen LogP contribution is -2.19. The van der Waals surface area contributed by atoms with Crippen molar-refractivity contribution in [2.45, 2.75) is 32.7 Å². The van der Waals surface area contributed by atoms with Gasteiger partial charge in [0.2, 0.25) is 0 Å². The number of aryl methyl sites for hydroxylation is 2. The molecule has 2 rings (SSSR count). The van der Waals surface area contributed by atoms with E-state index >= 15 is 0 Å². The Morgan fingerprint density at radius 3 is 2.67 bits per heavy atom. The lowest BCUT2D eigenvalue weighted by atomic mass is 10.0. The Hall–Kier alpha value is -1.19. The van der Waals surface area contributed by atoms with Crippen LogP contribution in [0.25, 0.3) is 0 Å². The molecule has 0 saturated heterocycles. The molecule has 1 N–H and O–H groups in total. The maximum atomic E-state index is 4.54. The highest BCUT2D eigenvalue weighted by Gasteiger charge is 2.13. The van der Waals surface area contributed by atoms with Gasteiger partial charge in [0, 0.05) is 24.4 Å². The summed E-state index contributed by atoms with van der Waals surface area (Å²) in [5, 5.41) is 7.82. The topological polar surface area (TPSA) is 24.9 Å². The molecule has 0 fully saturated rings. The maximum absolute atomic E-state index is 4.54. The lowest BCUT2D eigenvalue weighted by molar-refractivity contribution is 0.583. The highest BCUT2D eigenvalue weighted by atomic mass is 32.1. The first-order chi connectivity index (χ1) is 8.74. The van der Waals surface area contributed by atoms with Gasteiger partial charge in [-0.3, -0.25) is 4.98 Å². The SMILES string of the molecule is CCc1ccc(CC(NC)c2cscc2C)nc1. The number of pyridine rings is 1. The smallest absolute Gasteiger partial charge is 0.0422 e. The predicted octanol–water partition coefficient (Wildman–Crippen LogP) is 3.52. The summed E-state index contributed by atoms with van der Waals surface area (Å²) in [7, 11) is 2.02. The molecule has 18 heavy (non-hydrogen) atoms. The van der Waals surface area contributed by atoms with Crippen LogP contribution in [0.2, 0.25) is 0 Å². The van der Waals surface area contributed by atoms with E-state index in [-0.39, 0.29) is 0 Å². The zero-order chi connectivity index (χ0) is 13.0. The van der Waals surface area contributed by atoms with Gasteiger partial charge in [-0.2, -0.15) is 11.3 Å². The van der Waals surface area contributed by atoms with Crippen LogP contribution in [0, 0.1) is 6.92 Å². The van der Waals surface area contributed by atoms with Crippen LogP contribution in [-0.2, 0) is 12.8 Å². The van der Waals surface area contributed by atoms with Crippen molar-refractivity contribution in [3.8, 4) is 0 Å². The highest BCUT2D eigenvalue weighted by Crippen LogP contribution is 2.24. The van der Waals surface area contributed by atoms with E-state index in [9.17, 15) is 0 Å². The molecule has 3 heteroatoms. The van der Waals surface area contributed by atoms with E-state index in [4.69, 9.17) is 0 Å². The molecule has 0 aliphatic carbocycles. The van der Waals surface area contributed by atoms with Crippen molar-refractivity contribution in [2.75, 3.05) is 7.05 Å². The predicted molar refractivity (Wildman–Crippen MR) is 78.2 cm³/mol. The van der Waals surface area contributed by atoms with Gasteiger partial charge in [-0.15, -0.1) is 0 Å². The lowest BCUT2D eigenvalue weighted by Gasteiger charge is -2.16. The fourth-order valence-electron chi connectivity index (χ4n) is 2.09. The van der Waals surface area contributed by atoms with Crippen LogP contribution >= 0.6 is 11.3 Å². The van der Waals surface area contributed by atoms with Crippen molar-refractivity contribution in [3.63, 3.8) is 0 Å². The number of aromatic nitrogens is 1. The standard InChI is InChI=1S/C15H20N2S/c1-4-12-5-6-13(17-8-12)7-15(16-3)14-10-18-9-11(14)2/h5-6,8-10,15-16H,4,7H2,1-3H3. The minimum Gasteiger partial charge on any atom is -0.313 e. The third-order valence-corrected chi connectivity index (χ3v) is 4.21. The summed E-state index contributed by atoms with van der Waals surface area (Å²) in [6, 6.07) is 4.68. The molecule has 2 aromatic heterocycles. The van der Waals surface area contributed by atoms with Crippen LogP contribution in [0.15, 0.2) is 29.1 Å². The molecule has 0 aromatic carbocycles. The minimum absolute atomic E-state index is 0.358. The number of nitrogens with zero attached hydrogens (tertiary/aromatic N) is 1. The summed E-state index contributed by atoms with van der Waals surface area (Å²) in [5.41, 5.74) is 5.21. The van der Waals surface area contributed by atoms with Gasteiger partial charge in [0.15, 0.2) is 0 Å². The Morgan fingerprint density at radius 1 is 1.33 bits per heavy atom. The van der Waals surface area contributed by atoms with Crippen LogP contribution in [-0.4, -0.2) is 12.0 Å². The Balaban J connectivity index is 2.13. The van der Waals surface area contributed by atoms with Crippen LogP contribution in [0.4, 0.5) is 0 Å². The van der Waals surface area contributed by atoms with Crippen molar-refractivity contribution in [1.29, 1.82) is 0 Å². The van der Waals surface area contributed by atoms with Gasteiger partial charge < -0.3 is 5.32 Å². The number of nitrogens with one attached hydrogen (secondary N) is 1. The molecule has 1 atom stereocenters. The van der Waals surface area contributed by atoms with Gasteiger partial charge in [-0.1, -0.05) is 13.0 Å². The van der Waals surface area contributed by atoms with Gasteiger partial charge in [0.1, 0.15) is 0 Å². The fraction of sp³-hybridized carbons (Fsp3) is 0.400. The number of thiophene rings is 1. The quantitative estimate of drug-likeness (QED) is 0.889. The van der Waals surface area contributed by atoms with E-state index in [0.29, 0.717) is 6.04 Å². The van der Waals surface area contributed by atoms with Crippen LogP contribution in [0.1, 0.15) is 35.3 Å². The molecule has 0 aliphatic heterocycles. The summed E-state index contributed by atoms with van der Waals surface area (Å²) in [5.74, 6) is 0. The molecule has 0 saturated carbocycles. The Bertz CT molecular complexity index is 487. The van der Waals surface area contributed by atoms with Crippen LogP contribution < -0.4 is 5.32 Å². The van der Waals surface area contributed by atoms with Crippen LogP contribution in [0.3, 0.4) is 0 Å². The van der Waals surface area contributed by atoms with E-state index in [0.717, 1.165) is 18.5 Å². The highest BCUT2D eigenvalue weighted by molar-refractivity contribution is 7.08. The Morgan fingerprint density at radius 2 is 2.17 bits per heavy atom. The van der Waals surface area contributed by atoms with Crippen molar-refractivity contribution < 1.29 is 0 Å². The number of hydrogen-bond acceptors (Lipinski definition) is 3. The van der Waals surface area contributed by atoms with Gasteiger partial charge in [-0.05, 0) is 53.9 Å². The average Bonchev–Trinajstić information content (AvgIpc) is 2.83. The Kier molecular flexibility index (Phi) is 4.50. The first-order valence-corrected chi connectivity index (χ1v) is 7.32. The van der Waals surface area contributed by atoms with Gasteiger partial charge in [-0.25, -0.2) is 0 Å². The minimum atomic E-state index is 0.358. The largest absolute Gasteiger partial charge is 0.313 e. The first kappa shape index (κ1) is 13.2. The zero-order valence-electron chi connectivity index (χ0n) is 11.2. The number of rotatable bonds is 5. The summed E-state index contributed by atoms with van der Waals surface area (Å²) < 4.78 is 0. The van der Waals surface area contributed by atoms with Crippen molar-refractivity contribution in [3.05, 3.63) is 51.5 Å². The summed E-state index contributed by atoms with van der Waals surface area (Å²) >= 11 is 1.77. The summed E-state index contributed by atoms with van der Waals surface area (Å²) in [6.45, 7) is 4.32. The first-order valence-electron chi connectivity index (χ1n) is 6.38. The second-order valence-corrected chi connectivity index (χ2v) is 5.31. The molecule has 0 aliphatic rings. The fourth-order valence-corrected chi connectivity index (χ4v) is 2.99. The van der Waals surface area contributed by atoms with Crippen molar-refractivity contribution in [2.24, 2.45) is 0 Å². The molecule has 0 radical (unpaired) electrons. The number of likely N-dealkylation sites (N-methyl/N-ethyl adjacent to an activating group) is 1. The maximum Gasteiger partial charge on any atom is 0.0422 e. The molecule has 0 amide bonds. The molecule has 0 bridgehead atoms. The van der Waals surface area contributed by atoms with Gasteiger partial charge >= 0.3 is 0 Å². The summed E-state index contributed by atoms with van der Waals surface area (Å²) in [4.78, 5) is 4.54. The summed E-state index contributed by atoms with van der Waals surface area (Å²) in [6.07, 6.45) is 3.98. The van der Waals surface area contributed by atoms with Crippen molar-refractivity contribution in [1.82, 2.24) is 10.3 Å². The van der Waals surface area contributed by atoms with E-state index in [1.165, 1.54) is 16.7 Å². The Labute approximate surface area is 113 Å². The zero-order valence-corrected chi connectivity index (χ0v) is 12.1.